The quantitative estimate of drug-likeness (QED) is 0.245. The van der Waals surface area contributed by atoms with Gasteiger partial charge in [-0.15, -0.1) is 24.0 Å². The highest BCUT2D eigenvalue weighted by molar-refractivity contribution is 14.0. The van der Waals surface area contributed by atoms with Crippen molar-refractivity contribution in [3.8, 4) is 0 Å². The number of nitrogens with zero attached hydrogens (tertiary/aromatic N) is 3. The van der Waals surface area contributed by atoms with Crippen LogP contribution in [0, 0.1) is 11.8 Å². The average Bonchev–Trinajstić information content (AvgIpc) is 2.90. The molecule has 0 unspecified atom stereocenters. The summed E-state index contributed by atoms with van der Waals surface area (Å²) in [7, 11) is 0. The molecule has 5 nitrogen and oxygen atoms in total. The van der Waals surface area contributed by atoms with Crippen molar-refractivity contribution in [2.24, 2.45) is 16.8 Å². The molecule has 1 heterocycles. The highest BCUT2D eigenvalue weighted by atomic mass is 127. The Morgan fingerprint density at radius 2 is 1.92 bits per heavy atom. The van der Waals surface area contributed by atoms with Gasteiger partial charge in [0.2, 0.25) is 0 Å². The first-order chi connectivity index (χ1) is 11.0. The van der Waals surface area contributed by atoms with Crippen LogP contribution in [0.4, 0.5) is 0 Å². The number of nitrogens with one attached hydrogen (secondary N) is 2. The third-order valence-corrected chi connectivity index (χ3v) is 3.59. The molecule has 0 saturated carbocycles. The van der Waals surface area contributed by atoms with Crippen LogP contribution in [0.2, 0.25) is 0 Å². The second-order valence-corrected chi connectivity index (χ2v) is 6.90. The summed E-state index contributed by atoms with van der Waals surface area (Å²) in [4.78, 5) is 9.10. The van der Waals surface area contributed by atoms with E-state index in [1.807, 2.05) is 12.4 Å². The van der Waals surface area contributed by atoms with Crippen LogP contribution in [0.1, 0.15) is 59.7 Å². The van der Waals surface area contributed by atoms with Crippen LogP contribution < -0.4 is 10.6 Å². The van der Waals surface area contributed by atoms with Crippen molar-refractivity contribution in [1.29, 1.82) is 0 Å². The van der Waals surface area contributed by atoms with E-state index >= 15 is 0 Å². The lowest BCUT2D eigenvalue weighted by atomic mass is 10.1. The van der Waals surface area contributed by atoms with Gasteiger partial charge in [0.05, 0.1) is 0 Å². The summed E-state index contributed by atoms with van der Waals surface area (Å²) in [6.07, 6.45) is 7.64. The zero-order valence-electron chi connectivity index (χ0n) is 16.0. The molecule has 0 bridgehead atoms. The van der Waals surface area contributed by atoms with Gasteiger partial charge in [0.25, 0.3) is 0 Å². The SMILES string of the molecule is CCNC(=NCc1nccn1CC(C)C)NCCCCC(C)C.I. The Morgan fingerprint density at radius 1 is 1.17 bits per heavy atom. The first kappa shape index (κ1) is 23.2. The predicted molar refractivity (Wildman–Crippen MR) is 114 cm³/mol. The molecule has 24 heavy (non-hydrogen) atoms. The van der Waals surface area contributed by atoms with Gasteiger partial charge in [0.15, 0.2) is 5.96 Å². The van der Waals surface area contributed by atoms with Gasteiger partial charge in [-0.1, -0.05) is 40.5 Å². The molecule has 0 aromatic carbocycles. The minimum Gasteiger partial charge on any atom is -0.357 e. The van der Waals surface area contributed by atoms with Crippen LogP contribution in [0.5, 0.6) is 0 Å². The molecule has 0 atom stereocenters. The fourth-order valence-corrected chi connectivity index (χ4v) is 2.43. The van der Waals surface area contributed by atoms with Gasteiger partial charge in [-0.3, -0.25) is 0 Å². The zero-order valence-corrected chi connectivity index (χ0v) is 18.3. The highest BCUT2D eigenvalue weighted by Crippen LogP contribution is 2.06. The lowest BCUT2D eigenvalue weighted by molar-refractivity contribution is 0.507. The lowest BCUT2D eigenvalue weighted by Crippen LogP contribution is -2.37. The van der Waals surface area contributed by atoms with Crippen molar-refractivity contribution in [2.75, 3.05) is 13.1 Å². The molecule has 6 heteroatoms. The fourth-order valence-electron chi connectivity index (χ4n) is 2.43. The molecule has 0 fully saturated rings. The van der Waals surface area contributed by atoms with Gasteiger partial charge in [0.1, 0.15) is 12.4 Å². The van der Waals surface area contributed by atoms with E-state index in [1.54, 1.807) is 0 Å². The first-order valence-electron chi connectivity index (χ1n) is 9.05. The third-order valence-electron chi connectivity index (χ3n) is 3.59. The van der Waals surface area contributed by atoms with Crippen LogP contribution in [-0.2, 0) is 13.1 Å². The normalized spacial score (nSPS) is 11.7. The second kappa shape index (κ2) is 13.5. The molecular formula is C18H36IN5. The Morgan fingerprint density at radius 3 is 2.54 bits per heavy atom. The number of hydrogen-bond donors (Lipinski definition) is 2. The molecule has 0 amide bonds. The van der Waals surface area contributed by atoms with Crippen molar-refractivity contribution in [3.63, 3.8) is 0 Å². The Labute approximate surface area is 165 Å². The maximum Gasteiger partial charge on any atom is 0.191 e. The first-order valence-corrected chi connectivity index (χ1v) is 9.05. The van der Waals surface area contributed by atoms with Crippen molar-refractivity contribution < 1.29 is 0 Å². The minimum absolute atomic E-state index is 0. The summed E-state index contributed by atoms with van der Waals surface area (Å²) in [5.74, 6) is 3.31. The molecule has 1 aromatic heterocycles. The number of aromatic nitrogens is 2. The van der Waals surface area contributed by atoms with Gasteiger partial charge in [-0.2, -0.15) is 0 Å². The smallest absolute Gasteiger partial charge is 0.191 e. The molecule has 0 aliphatic rings. The summed E-state index contributed by atoms with van der Waals surface area (Å²) in [6.45, 7) is 14.5. The Balaban J connectivity index is 0.00000529. The number of guanidine groups is 1. The number of halogens is 1. The maximum absolute atomic E-state index is 4.67. The standard InChI is InChI=1S/C18H35N5.HI/c1-6-19-18(21-10-8-7-9-15(2)3)22-13-17-20-11-12-23(17)14-16(4)5;/h11-12,15-16H,6-10,13-14H2,1-5H3,(H2,19,21,22);1H. The van der Waals surface area contributed by atoms with E-state index in [2.05, 4.69) is 59.8 Å². The molecule has 140 valence electrons. The average molecular weight is 449 g/mol. The third kappa shape index (κ3) is 10.2. The van der Waals surface area contributed by atoms with E-state index in [1.165, 1.54) is 19.3 Å². The number of rotatable bonds is 10. The van der Waals surface area contributed by atoms with E-state index in [4.69, 9.17) is 0 Å². The minimum atomic E-state index is 0. The van der Waals surface area contributed by atoms with Crippen LogP contribution in [0.25, 0.3) is 0 Å². The lowest BCUT2D eigenvalue weighted by Gasteiger charge is -2.12. The Hall–Kier alpha value is -0.790. The summed E-state index contributed by atoms with van der Waals surface area (Å²) in [5, 5.41) is 6.73. The van der Waals surface area contributed by atoms with E-state index in [9.17, 15) is 0 Å². The monoisotopic (exact) mass is 449 g/mol. The molecule has 1 rings (SSSR count). The van der Waals surface area contributed by atoms with E-state index < -0.39 is 0 Å². The van der Waals surface area contributed by atoms with E-state index in [0.29, 0.717) is 12.5 Å². The maximum atomic E-state index is 4.67. The molecule has 2 N–H and O–H groups in total. The van der Waals surface area contributed by atoms with Gasteiger partial charge in [-0.05, 0) is 25.2 Å². The van der Waals surface area contributed by atoms with Gasteiger partial charge < -0.3 is 15.2 Å². The zero-order chi connectivity index (χ0) is 17.1. The van der Waals surface area contributed by atoms with Crippen molar-refractivity contribution in [1.82, 2.24) is 20.2 Å². The Kier molecular flexibility index (Phi) is 13.1. The number of imidazole rings is 1. The van der Waals surface area contributed by atoms with Crippen molar-refractivity contribution >= 4 is 29.9 Å². The molecule has 0 spiro atoms. The van der Waals surface area contributed by atoms with E-state index in [-0.39, 0.29) is 24.0 Å². The van der Waals surface area contributed by atoms with E-state index in [0.717, 1.165) is 37.3 Å². The van der Waals surface area contributed by atoms with Crippen molar-refractivity contribution in [3.05, 3.63) is 18.2 Å². The van der Waals surface area contributed by atoms with Crippen LogP contribution in [0.15, 0.2) is 17.4 Å². The van der Waals surface area contributed by atoms with Crippen LogP contribution in [0.3, 0.4) is 0 Å². The molecule has 1 aromatic rings. The predicted octanol–water partition coefficient (Wildman–Crippen LogP) is 4.04. The summed E-state index contributed by atoms with van der Waals surface area (Å²) >= 11 is 0. The molecular weight excluding hydrogens is 413 g/mol. The Bertz CT molecular complexity index is 454. The second-order valence-electron chi connectivity index (χ2n) is 6.90. The molecule has 0 radical (unpaired) electrons. The highest BCUT2D eigenvalue weighted by Gasteiger charge is 2.05. The summed E-state index contributed by atoms with van der Waals surface area (Å²) < 4.78 is 2.19. The fraction of sp³-hybridized carbons (Fsp3) is 0.778. The number of aliphatic imine (C=N–C) groups is 1. The molecule has 0 saturated heterocycles. The topological polar surface area (TPSA) is 54.2 Å². The molecule has 0 aliphatic carbocycles. The largest absolute Gasteiger partial charge is 0.357 e. The van der Waals surface area contributed by atoms with Crippen molar-refractivity contribution in [2.45, 2.75) is 67.0 Å². The molecule has 0 aliphatic heterocycles. The number of unbranched alkanes of at least 4 members (excludes halogenated alkanes) is 1. The number of hydrogen-bond acceptors (Lipinski definition) is 2. The van der Waals surface area contributed by atoms with Gasteiger partial charge in [0, 0.05) is 32.0 Å². The van der Waals surface area contributed by atoms with Gasteiger partial charge >= 0.3 is 0 Å². The summed E-state index contributed by atoms with van der Waals surface area (Å²) in [5.41, 5.74) is 0. The van der Waals surface area contributed by atoms with Gasteiger partial charge in [-0.25, -0.2) is 9.98 Å². The summed E-state index contributed by atoms with van der Waals surface area (Å²) in [6, 6.07) is 0. The van der Waals surface area contributed by atoms with Crippen LogP contribution in [-0.4, -0.2) is 28.6 Å². The van der Waals surface area contributed by atoms with Crippen LogP contribution >= 0.6 is 24.0 Å².